The first-order chi connectivity index (χ1) is 16.6. The van der Waals surface area contributed by atoms with Gasteiger partial charge >= 0.3 is 0 Å². The van der Waals surface area contributed by atoms with Crippen LogP contribution < -0.4 is 15.0 Å². The highest BCUT2D eigenvalue weighted by Crippen LogP contribution is 2.36. The number of benzene rings is 3. The maximum atomic E-state index is 13.1. The topological polar surface area (TPSA) is 85.2 Å². The van der Waals surface area contributed by atoms with E-state index in [0.717, 1.165) is 16.8 Å². The maximum Gasteiger partial charge on any atom is 0.251 e. The number of tetrazole rings is 1. The van der Waals surface area contributed by atoms with Gasteiger partial charge in [0.05, 0.1) is 12.8 Å². The van der Waals surface area contributed by atoms with Gasteiger partial charge in [-0.25, -0.2) is 0 Å². The second-order valence-corrected chi connectivity index (χ2v) is 8.06. The van der Waals surface area contributed by atoms with Crippen LogP contribution in [0.3, 0.4) is 0 Å². The largest absolute Gasteiger partial charge is 0.497 e. The number of nitrogens with zero attached hydrogens (tertiary/aromatic N) is 5. The summed E-state index contributed by atoms with van der Waals surface area (Å²) in [4.78, 5) is 14.9. The Morgan fingerprint density at radius 3 is 2.59 bits per heavy atom. The van der Waals surface area contributed by atoms with E-state index in [0.29, 0.717) is 17.4 Å². The summed E-state index contributed by atoms with van der Waals surface area (Å²) >= 11 is 0. The van der Waals surface area contributed by atoms with E-state index in [-0.39, 0.29) is 18.5 Å². The molecule has 5 rings (SSSR count). The molecular weight excluding hydrogens is 428 g/mol. The summed E-state index contributed by atoms with van der Waals surface area (Å²) in [6, 6.07) is 25.3. The third kappa shape index (κ3) is 4.25. The number of nitrogens with one attached hydrogen (secondary N) is 1. The number of ether oxygens (including phenoxy) is 1. The lowest BCUT2D eigenvalue weighted by Gasteiger charge is -2.32. The molecule has 3 aromatic carbocycles. The first-order valence-electron chi connectivity index (χ1n) is 11.0. The van der Waals surface area contributed by atoms with E-state index < -0.39 is 0 Å². The first kappa shape index (κ1) is 21.4. The number of anilines is 2. The molecule has 8 heteroatoms. The molecule has 0 saturated carbocycles. The molecule has 1 aliphatic rings. The summed E-state index contributed by atoms with van der Waals surface area (Å²) in [5.41, 5.74) is 4.74. The molecule has 0 unspecified atom stereocenters. The second-order valence-electron chi connectivity index (χ2n) is 8.06. The van der Waals surface area contributed by atoms with Crippen LogP contribution in [0.5, 0.6) is 5.75 Å². The standard InChI is InChI=1S/C26H24N6O2/c1-18-11-13-20(14-12-18)24-16-23(19-7-4-3-5-8-19)31(26-28-29-30-32(24)26)17-25(33)27-21-9-6-10-22(15-21)34-2/h3-16,24H,17H2,1-2H3,(H,27,33)/t24-/m1/s1. The Hall–Kier alpha value is -4.46. The van der Waals surface area contributed by atoms with Gasteiger partial charge in [-0.05, 0) is 46.7 Å². The minimum atomic E-state index is -0.196. The van der Waals surface area contributed by atoms with Crippen molar-refractivity contribution in [3.63, 3.8) is 0 Å². The third-order valence-electron chi connectivity index (χ3n) is 5.73. The van der Waals surface area contributed by atoms with Gasteiger partial charge in [-0.15, -0.1) is 0 Å². The average Bonchev–Trinajstić information content (AvgIpc) is 3.36. The summed E-state index contributed by atoms with van der Waals surface area (Å²) < 4.78 is 7.00. The number of amides is 1. The number of aromatic nitrogens is 4. The molecule has 4 aromatic rings. The van der Waals surface area contributed by atoms with Crippen LogP contribution in [0, 0.1) is 6.92 Å². The van der Waals surface area contributed by atoms with Gasteiger partial charge in [0.15, 0.2) is 0 Å². The fraction of sp³-hybridized carbons (Fsp3) is 0.154. The first-order valence-corrected chi connectivity index (χ1v) is 11.0. The number of hydrogen-bond acceptors (Lipinski definition) is 6. The van der Waals surface area contributed by atoms with Gasteiger partial charge < -0.3 is 10.1 Å². The van der Waals surface area contributed by atoms with Crippen molar-refractivity contribution in [1.29, 1.82) is 0 Å². The van der Waals surface area contributed by atoms with E-state index in [1.54, 1.807) is 17.9 Å². The molecule has 2 heterocycles. The molecule has 1 aliphatic heterocycles. The summed E-state index contributed by atoms with van der Waals surface area (Å²) in [7, 11) is 1.59. The molecule has 1 N–H and O–H groups in total. The average molecular weight is 453 g/mol. The van der Waals surface area contributed by atoms with Crippen LogP contribution in [0.1, 0.15) is 22.7 Å². The zero-order valence-corrected chi connectivity index (χ0v) is 18.9. The van der Waals surface area contributed by atoms with Crippen LogP contribution >= 0.6 is 0 Å². The van der Waals surface area contributed by atoms with E-state index in [9.17, 15) is 4.79 Å². The molecule has 0 radical (unpaired) electrons. The van der Waals surface area contributed by atoms with Gasteiger partial charge in [0.1, 0.15) is 18.3 Å². The Balaban J connectivity index is 1.51. The van der Waals surface area contributed by atoms with Gasteiger partial charge in [0.2, 0.25) is 5.91 Å². The Kier molecular flexibility index (Phi) is 5.78. The van der Waals surface area contributed by atoms with Crippen molar-refractivity contribution in [1.82, 2.24) is 20.2 Å². The summed E-state index contributed by atoms with van der Waals surface area (Å²) in [6.45, 7) is 2.10. The molecule has 1 aromatic heterocycles. The number of fused-ring (bicyclic) bond motifs is 1. The highest BCUT2D eigenvalue weighted by atomic mass is 16.5. The molecular formula is C26H24N6O2. The number of methoxy groups -OCH3 is 1. The predicted molar refractivity (Wildman–Crippen MR) is 131 cm³/mol. The number of carbonyl (C=O) groups is 1. The molecule has 8 nitrogen and oxygen atoms in total. The van der Waals surface area contributed by atoms with Gasteiger partial charge in [-0.3, -0.25) is 9.69 Å². The molecule has 170 valence electrons. The summed E-state index contributed by atoms with van der Waals surface area (Å²) in [5.74, 6) is 0.983. The van der Waals surface area contributed by atoms with Crippen molar-refractivity contribution in [2.75, 3.05) is 23.9 Å². The van der Waals surface area contributed by atoms with E-state index in [1.165, 1.54) is 5.56 Å². The summed E-state index contributed by atoms with van der Waals surface area (Å²) in [6.07, 6.45) is 2.10. The van der Waals surface area contributed by atoms with Gasteiger partial charge in [0, 0.05) is 11.8 Å². The van der Waals surface area contributed by atoms with Crippen LogP contribution in [-0.2, 0) is 4.79 Å². The Bertz CT molecular complexity index is 1330. The quantitative estimate of drug-likeness (QED) is 0.475. The van der Waals surface area contributed by atoms with Gasteiger partial charge in [-0.1, -0.05) is 71.3 Å². The summed E-state index contributed by atoms with van der Waals surface area (Å²) in [5, 5.41) is 15.4. The molecule has 0 saturated heterocycles. The van der Waals surface area contributed by atoms with E-state index in [2.05, 4.69) is 58.1 Å². The Morgan fingerprint density at radius 1 is 1.03 bits per heavy atom. The number of aryl methyl sites for hydroxylation is 1. The minimum Gasteiger partial charge on any atom is -0.497 e. The molecule has 34 heavy (non-hydrogen) atoms. The van der Waals surface area contributed by atoms with Gasteiger partial charge in [0.25, 0.3) is 5.95 Å². The minimum absolute atomic E-state index is 0.0406. The zero-order chi connectivity index (χ0) is 23.5. The van der Waals surface area contributed by atoms with Crippen molar-refractivity contribution in [3.8, 4) is 5.75 Å². The lowest BCUT2D eigenvalue weighted by atomic mass is 10.00. The fourth-order valence-electron chi connectivity index (χ4n) is 4.03. The molecule has 1 amide bonds. The monoisotopic (exact) mass is 452 g/mol. The predicted octanol–water partition coefficient (Wildman–Crippen LogP) is 4.08. The maximum absolute atomic E-state index is 13.1. The zero-order valence-electron chi connectivity index (χ0n) is 18.9. The van der Waals surface area contributed by atoms with Crippen molar-refractivity contribution >= 4 is 23.2 Å². The number of allylic oxidation sites excluding steroid dienone is 1. The SMILES string of the molecule is COc1cccc(NC(=O)CN2C(c3ccccc3)=C[C@H](c3ccc(C)cc3)n3nnnc32)c1. The number of carbonyl (C=O) groups excluding carboxylic acids is 1. The highest BCUT2D eigenvalue weighted by molar-refractivity contribution is 5.97. The van der Waals surface area contributed by atoms with Gasteiger partial charge in [-0.2, -0.15) is 4.68 Å². The van der Waals surface area contributed by atoms with E-state index in [4.69, 9.17) is 4.74 Å². The van der Waals surface area contributed by atoms with Crippen LogP contribution in [0.4, 0.5) is 11.6 Å². The van der Waals surface area contributed by atoms with Crippen molar-refractivity contribution in [3.05, 3.63) is 102 Å². The molecule has 0 spiro atoms. The molecule has 0 fully saturated rings. The van der Waals surface area contributed by atoms with E-state index in [1.807, 2.05) is 53.4 Å². The molecule has 1 atom stereocenters. The lowest BCUT2D eigenvalue weighted by Crippen LogP contribution is -2.37. The Morgan fingerprint density at radius 2 is 1.82 bits per heavy atom. The molecule has 0 aliphatic carbocycles. The molecule has 0 bridgehead atoms. The lowest BCUT2D eigenvalue weighted by molar-refractivity contribution is -0.114. The van der Waals surface area contributed by atoms with Crippen LogP contribution in [0.2, 0.25) is 0 Å². The third-order valence-corrected chi connectivity index (χ3v) is 5.73. The van der Waals surface area contributed by atoms with Crippen LogP contribution in [0.25, 0.3) is 5.70 Å². The van der Waals surface area contributed by atoms with Crippen molar-refractivity contribution < 1.29 is 9.53 Å². The van der Waals surface area contributed by atoms with E-state index >= 15 is 0 Å². The van der Waals surface area contributed by atoms with Crippen molar-refractivity contribution in [2.24, 2.45) is 0 Å². The van der Waals surface area contributed by atoms with Crippen LogP contribution in [0.15, 0.2) is 84.9 Å². The number of rotatable bonds is 6. The number of hydrogen-bond donors (Lipinski definition) is 1. The second kappa shape index (κ2) is 9.19. The van der Waals surface area contributed by atoms with Crippen molar-refractivity contribution in [2.45, 2.75) is 13.0 Å². The smallest absolute Gasteiger partial charge is 0.251 e. The fourth-order valence-corrected chi connectivity index (χ4v) is 4.03. The Labute approximate surface area is 197 Å². The van der Waals surface area contributed by atoms with Crippen LogP contribution in [-0.4, -0.2) is 39.8 Å². The highest BCUT2D eigenvalue weighted by Gasteiger charge is 2.31. The normalized spacial score (nSPS) is 14.8.